The molecule has 3 nitrogen and oxygen atoms in total. The average Bonchev–Trinajstić information content (AvgIpc) is 2.14. The van der Waals surface area contributed by atoms with Crippen LogP contribution in [0.25, 0.3) is 0 Å². The highest BCUT2D eigenvalue weighted by atomic mass is 16.5. The van der Waals surface area contributed by atoms with E-state index in [0.717, 1.165) is 19.6 Å². The molecule has 0 heterocycles. The van der Waals surface area contributed by atoms with Crippen LogP contribution in [0.4, 0.5) is 0 Å². The number of rotatable bonds is 9. The Morgan fingerprint density at radius 1 is 1.07 bits per heavy atom. The van der Waals surface area contributed by atoms with Crippen LogP contribution in [0.2, 0.25) is 0 Å². The maximum atomic E-state index is 5.40. The van der Waals surface area contributed by atoms with Crippen molar-refractivity contribution in [3.05, 3.63) is 0 Å². The lowest BCUT2D eigenvalue weighted by molar-refractivity contribution is 0.0644. The van der Waals surface area contributed by atoms with E-state index in [2.05, 4.69) is 26.1 Å². The van der Waals surface area contributed by atoms with Crippen LogP contribution in [0.1, 0.15) is 27.2 Å². The van der Waals surface area contributed by atoms with Gasteiger partial charge in [-0.1, -0.05) is 20.8 Å². The Balaban J connectivity index is 3.14. The second-order valence-corrected chi connectivity index (χ2v) is 4.06. The Morgan fingerprint density at radius 3 is 2.36 bits per heavy atom. The Morgan fingerprint density at radius 2 is 1.79 bits per heavy atom. The lowest BCUT2D eigenvalue weighted by Gasteiger charge is -2.14. The minimum Gasteiger partial charge on any atom is -0.382 e. The largest absolute Gasteiger partial charge is 0.382 e. The number of hydrogen-bond acceptors (Lipinski definition) is 3. The van der Waals surface area contributed by atoms with Gasteiger partial charge in [-0.2, -0.15) is 0 Å². The standard InChI is InChI=1S/C11H25NO2/c1-10(2)12-9-11(3)5-6-14-8-7-13-4/h10-12H,5-9H2,1-4H3. The highest BCUT2D eigenvalue weighted by Gasteiger charge is 2.02. The average molecular weight is 203 g/mol. The zero-order chi connectivity index (χ0) is 10.8. The fourth-order valence-electron chi connectivity index (χ4n) is 1.07. The van der Waals surface area contributed by atoms with E-state index in [4.69, 9.17) is 9.47 Å². The van der Waals surface area contributed by atoms with Crippen molar-refractivity contribution in [2.75, 3.05) is 33.5 Å². The van der Waals surface area contributed by atoms with Crippen molar-refractivity contribution in [3.63, 3.8) is 0 Å². The first kappa shape index (κ1) is 13.9. The lowest BCUT2D eigenvalue weighted by atomic mass is 10.1. The van der Waals surface area contributed by atoms with Crippen molar-refractivity contribution in [1.82, 2.24) is 5.32 Å². The molecule has 86 valence electrons. The SMILES string of the molecule is COCCOCCC(C)CNC(C)C. The van der Waals surface area contributed by atoms with Gasteiger partial charge in [-0.25, -0.2) is 0 Å². The first-order valence-electron chi connectivity index (χ1n) is 5.47. The van der Waals surface area contributed by atoms with Crippen molar-refractivity contribution in [2.45, 2.75) is 33.2 Å². The minimum absolute atomic E-state index is 0.576. The van der Waals surface area contributed by atoms with Crippen molar-refractivity contribution in [3.8, 4) is 0 Å². The maximum absolute atomic E-state index is 5.40. The molecule has 0 radical (unpaired) electrons. The summed E-state index contributed by atoms with van der Waals surface area (Å²) in [6.07, 6.45) is 1.11. The lowest BCUT2D eigenvalue weighted by Crippen LogP contribution is -2.28. The fraction of sp³-hybridized carbons (Fsp3) is 1.00. The van der Waals surface area contributed by atoms with Gasteiger partial charge in [-0.05, 0) is 18.9 Å². The molecule has 0 aromatic heterocycles. The van der Waals surface area contributed by atoms with Crippen LogP contribution in [0.15, 0.2) is 0 Å². The Bertz CT molecular complexity index is 118. The van der Waals surface area contributed by atoms with Gasteiger partial charge in [0.25, 0.3) is 0 Å². The van der Waals surface area contributed by atoms with E-state index < -0.39 is 0 Å². The number of hydrogen-bond donors (Lipinski definition) is 1. The van der Waals surface area contributed by atoms with E-state index in [-0.39, 0.29) is 0 Å². The molecular weight excluding hydrogens is 178 g/mol. The normalized spacial score (nSPS) is 13.5. The van der Waals surface area contributed by atoms with Gasteiger partial charge < -0.3 is 14.8 Å². The van der Waals surface area contributed by atoms with E-state index in [9.17, 15) is 0 Å². The summed E-state index contributed by atoms with van der Waals surface area (Å²) >= 11 is 0. The van der Waals surface area contributed by atoms with Gasteiger partial charge >= 0.3 is 0 Å². The summed E-state index contributed by atoms with van der Waals surface area (Å²) in [7, 11) is 1.69. The van der Waals surface area contributed by atoms with Gasteiger partial charge in [0, 0.05) is 19.8 Å². The van der Waals surface area contributed by atoms with E-state index >= 15 is 0 Å². The van der Waals surface area contributed by atoms with Gasteiger partial charge in [0.05, 0.1) is 13.2 Å². The van der Waals surface area contributed by atoms with E-state index in [1.54, 1.807) is 7.11 Å². The summed E-state index contributed by atoms with van der Waals surface area (Å²) < 4.78 is 10.3. The summed E-state index contributed by atoms with van der Waals surface area (Å²) in [6.45, 7) is 9.90. The molecule has 0 saturated carbocycles. The van der Waals surface area contributed by atoms with Crippen LogP contribution in [-0.4, -0.2) is 39.5 Å². The van der Waals surface area contributed by atoms with Crippen molar-refractivity contribution < 1.29 is 9.47 Å². The molecule has 0 spiro atoms. The van der Waals surface area contributed by atoms with Crippen molar-refractivity contribution in [2.24, 2.45) is 5.92 Å². The summed E-state index contributed by atoms with van der Waals surface area (Å²) in [5.41, 5.74) is 0. The molecule has 0 aliphatic heterocycles. The molecule has 1 N–H and O–H groups in total. The minimum atomic E-state index is 0.576. The molecule has 0 aliphatic carbocycles. The molecule has 1 unspecified atom stereocenters. The summed E-state index contributed by atoms with van der Waals surface area (Å²) in [6, 6.07) is 0.576. The molecule has 0 aliphatic rings. The van der Waals surface area contributed by atoms with Gasteiger partial charge in [0.1, 0.15) is 0 Å². The van der Waals surface area contributed by atoms with Crippen LogP contribution in [0, 0.1) is 5.92 Å². The predicted octanol–water partition coefficient (Wildman–Crippen LogP) is 1.67. The second-order valence-electron chi connectivity index (χ2n) is 4.06. The van der Waals surface area contributed by atoms with Gasteiger partial charge in [-0.3, -0.25) is 0 Å². The van der Waals surface area contributed by atoms with Crippen LogP contribution >= 0.6 is 0 Å². The van der Waals surface area contributed by atoms with Crippen LogP contribution in [0.5, 0.6) is 0 Å². The molecule has 0 bridgehead atoms. The van der Waals surface area contributed by atoms with E-state index in [1.807, 2.05) is 0 Å². The van der Waals surface area contributed by atoms with Gasteiger partial charge in [0.15, 0.2) is 0 Å². The monoisotopic (exact) mass is 203 g/mol. The van der Waals surface area contributed by atoms with Gasteiger partial charge in [-0.15, -0.1) is 0 Å². The van der Waals surface area contributed by atoms with Crippen LogP contribution < -0.4 is 5.32 Å². The molecule has 0 aromatic rings. The van der Waals surface area contributed by atoms with E-state index in [1.165, 1.54) is 0 Å². The zero-order valence-corrected chi connectivity index (χ0v) is 10.0. The number of ether oxygens (including phenoxy) is 2. The third-order valence-electron chi connectivity index (χ3n) is 2.06. The molecular formula is C11H25NO2. The quantitative estimate of drug-likeness (QED) is 0.578. The topological polar surface area (TPSA) is 30.5 Å². The summed E-state index contributed by atoms with van der Waals surface area (Å²) in [5.74, 6) is 0.681. The highest BCUT2D eigenvalue weighted by Crippen LogP contribution is 2.00. The zero-order valence-electron chi connectivity index (χ0n) is 10.0. The Labute approximate surface area is 88.2 Å². The fourth-order valence-corrected chi connectivity index (χ4v) is 1.07. The number of methoxy groups -OCH3 is 1. The van der Waals surface area contributed by atoms with Crippen LogP contribution in [0.3, 0.4) is 0 Å². The third-order valence-corrected chi connectivity index (χ3v) is 2.06. The second kappa shape index (κ2) is 9.44. The molecule has 1 atom stereocenters. The molecule has 14 heavy (non-hydrogen) atoms. The highest BCUT2D eigenvalue weighted by molar-refractivity contribution is 4.59. The molecule has 3 heteroatoms. The summed E-state index contributed by atoms with van der Waals surface area (Å²) in [5, 5.41) is 3.42. The molecule has 0 fully saturated rings. The van der Waals surface area contributed by atoms with Crippen molar-refractivity contribution in [1.29, 1.82) is 0 Å². The van der Waals surface area contributed by atoms with Crippen molar-refractivity contribution >= 4 is 0 Å². The maximum Gasteiger partial charge on any atom is 0.0700 e. The Hall–Kier alpha value is -0.120. The summed E-state index contributed by atoms with van der Waals surface area (Å²) in [4.78, 5) is 0. The molecule has 0 amide bonds. The molecule has 0 saturated heterocycles. The molecule has 0 aromatic carbocycles. The first-order chi connectivity index (χ1) is 6.66. The predicted molar refractivity (Wildman–Crippen MR) is 59.6 cm³/mol. The van der Waals surface area contributed by atoms with Crippen LogP contribution in [-0.2, 0) is 9.47 Å². The van der Waals surface area contributed by atoms with E-state index in [0.29, 0.717) is 25.2 Å². The molecule has 0 rings (SSSR count). The Kier molecular flexibility index (Phi) is 9.35. The smallest absolute Gasteiger partial charge is 0.0700 e. The third kappa shape index (κ3) is 9.96. The van der Waals surface area contributed by atoms with Gasteiger partial charge in [0.2, 0.25) is 0 Å². The number of nitrogens with one attached hydrogen (secondary N) is 1. The first-order valence-corrected chi connectivity index (χ1v) is 5.47.